The number of benzene rings is 1. The van der Waals surface area contributed by atoms with Gasteiger partial charge in [0.2, 0.25) is 0 Å². The molecule has 0 bridgehead atoms. The fourth-order valence-corrected chi connectivity index (χ4v) is 1.27. The van der Waals surface area contributed by atoms with Crippen molar-refractivity contribution in [1.82, 2.24) is 0 Å². The summed E-state index contributed by atoms with van der Waals surface area (Å²) >= 11 is 0. The first-order valence-corrected chi connectivity index (χ1v) is 4.85. The van der Waals surface area contributed by atoms with E-state index in [4.69, 9.17) is 5.26 Å². The van der Waals surface area contributed by atoms with E-state index in [-0.39, 0.29) is 6.61 Å². The highest BCUT2D eigenvalue weighted by molar-refractivity contribution is 5.93. The first-order valence-electron chi connectivity index (χ1n) is 4.85. The topological polar surface area (TPSA) is 59.3 Å². The van der Waals surface area contributed by atoms with Gasteiger partial charge in [-0.3, -0.25) is 0 Å². The van der Waals surface area contributed by atoms with Crippen molar-refractivity contribution in [3.05, 3.63) is 29.1 Å². The predicted molar refractivity (Wildman–Crippen MR) is 53.7 cm³/mol. The van der Waals surface area contributed by atoms with E-state index < -0.39 is 35.3 Å². The molecule has 0 aromatic heterocycles. The van der Waals surface area contributed by atoms with Crippen molar-refractivity contribution >= 4 is 5.97 Å². The molecule has 0 radical (unpaired) electrons. The summed E-state index contributed by atoms with van der Waals surface area (Å²) in [6.45, 7) is -1.73. The molecule has 0 aliphatic rings. The second kappa shape index (κ2) is 5.91. The quantitative estimate of drug-likeness (QED) is 0.779. The SMILES string of the molecule is CCOC(=O)c1c(F)ccc(OC(F)F)c1C#N. The summed E-state index contributed by atoms with van der Waals surface area (Å²) in [4.78, 5) is 11.4. The highest BCUT2D eigenvalue weighted by Crippen LogP contribution is 2.26. The van der Waals surface area contributed by atoms with Crippen LogP contribution in [0.4, 0.5) is 13.2 Å². The maximum absolute atomic E-state index is 13.4. The lowest BCUT2D eigenvalue weighted by Crippen LogP contribution is -2.12. The molecule has 4 nitrogen and oxygen atoms in total. The monoisotopic (exact) mass is 259 g/mol. The van der Waals surface area contributed by atoms with E-state index >= 15 is 0 Å². The van der Waals surface area contributed by atoms with Crippen LogP contribution in [0.25, 0.3) is 0 Å². The van der Waals surface area contributed by atoms with Gasteiger partial charge in [0, 0.05) is 0 Å². The molecule has 1 rings (SSSR count). The smallest absolute Gasteiger partial charge is 0.387 e. The van der Waals surface area contributed by atoms with Crippen molar-refractivity contribution in [2.24, 2.45) is 0 Å². The molecule has 18 heavy (non-hydrogen) atoms. The third-order valence-corrected chi connectivity index (χ3v) is 1.92. The second-order valence-corrected chi connectivity index (χ2v) is 3.01. The van der Waals surface area contributed by atoms with E-state index in [1.165, 1.54) is 13.0 Å². The number of rotatable bonds is 4. The molecule has 0 saturated heterocycles. The van der Waals surface area contributed by atoms with Crippen molar-refractivity contribution < 1.29 is 27.4 Å². The highest BCUT2D eigenvalue weighted by Gasteiger charge is 2.23. The van der Waals surface area contributed by atoms with Crippen molar-refractivity contribution in [2.75, 3.05) is 6.61 Å². The van der Waals surface area contributed by atoms with Gasteiger partial charge in [-0.1, -0.05) is 0 Å². The number of carbonyl (C=O) groups excluding carboxylic acids is 1. The molecule has 0 spiro atoms. The first-order chi connectivity index (χ1) is 8.51. The maximum Gasteiger partial charge on any atom is 0.387 e. The summed E-state index contributed by atoms with van der Waals surface area (Å²) in [7, 11) is 0. The molecule has 1 aromatic rings. The minimum absolute atomic E-state index is 0.0386. The molecule has 0 atom stereocenters. The number of nitriles is 1. The number of esters is 1. The van der Waals surface area contributed by atoms with Gasteiger partial charge in [0.05, 0.1) is 6.61 Å². The number of hydrogen-bond donors (Lipinski definition) is 0. The minimum Gasteiger partial charge on any atom is -0.462 e. The molecular weight excluding hydrogens is 251 g/mol. The van der Waals surface area contributed by atoms with Crippen LogP contribution in [0.3, 0.4) is 0 Å². The van der Waals surface area contributed by atoms with Crippen LogP contribution in [0.1, 0.15) is 22.8 Å². The summed E-state index contributed by atoms with van der Waals surface area (Å²) in [5.41, 5.74) is -1.33. The molecule has 0 fully saturated rings. The van der Waals surface area contributed by atoms with Gasteiger partial charge < -0.3 is 9.47 Å². The number of carbonyl (C=O) groups is 1. The summed E-state index contributed by atoms with van der Waals surface area (Å²) in [5.74, 6) is -2.71. The van der Waals surface area contributed by atoms with Crippen LogP contribution in [0.5, 0.6) is 5.75 Å². The average Bonchev–Trinajstić information content (AvgIpc) is 2.30. The Kier molecular flexibility index (Phi) is 4.54. The maximum atomic E-state index is 13.4. The Morgan fingerprint density at radius 1 is 1.50 bits per heavy atom. The summed E-state index contributed by atoms with van der Waals surface area (Å²) in [6.07, 6.45) is 0. The highest BCUT2D eigenvalue weighted by atomic mass is 19.3. The lowest BCUT2D eigenvalue weighted by atomic mass is 10.1. The lowest BCUT2D eigenvalue weighted by molar-refractivity contribution is -0.0501. The second-order valence-electron chi connectivity index (χ2n) is 3.01. The van der Waals surface area contributed by atoms with Crippen LogP contribution in [-0.4, -0.2) is 19.2 Å². The molecular formula is C11H8F3NO3. The Morgan fingerprint density at radius 2 is 2.17 bits per heavy atom. The molecule has 1 aromatic carbocycles. The fourth-order valence-electron chi connectivity index (χ4n) is 1.27. The lowest BCUT2D eigenvalue weighted by Gasteiger charge is -2.10. The number of ether oxygens (including phenoxy) is 2. The largest absolute Gasteiger partial charge is 0.462 e. The van der Waals surface area contributed by atoms with E-state index in [2.05, 4.69) is 9.47 Å². The van der Waals surface area contributed by atoms with Crippen LogP contribution in [0, 0.1) is 17.1 Å². The van der Waals surface area contributed by atoms with Crippen molar-refractivity contribution in [1.29, 1.82) is 5.26 Å². The van der Waals surface area contributed by atoms with E-state index in [9.17, 15) is 18.0 Å². The van der Waals surface area contributed by atoms with Gasteiger partial charge in [-0.25, -0.2) is 9.18 Å². The van der Waals surface area contributed by atoms with Crippen LogP contribution < -0.4 is 4.74 Å². The van der Waals surface area contributed by atoms with Crippen LogP contribution in [-0.2, 0) is 4.74 Å². The van der Waals surface area contributed by atoms with Gasteiger partial charge in [-0.15, -0.1) is 0 Å². The van der Waals surface area contributed by atoms with Gasteiger partial charge in [0.25, 0.3) is 0 Å². The van der Waals surface area contributed by atoms with E-state index in [0.29, 0.717) is 0 Å². The molecule has 0 aliphatic heterocycles. The molecule has 0 N–H and O–H groups in total. The Bertz CT molecular complexity index is 497. The standard InChI is InChI=1S/C11H8F3NO3/c1-2-17-10(16)9-6(5-15)8(18-11(13)14)4-3-7(9)12/h3-4,11H,2H2,1H3. The van der Waals surface area contributed by atoms with Gasteiger partial charge in [-0.2, -0.15) is 14.0 Å². The molecule has 0 heterocycles. The zero-order chi connectivity index (χ0) is 13.7. The van der Waals surface area contributed by atoms with E-state index in [1.54, 1.807) is 0 Å². The van der Waals surface area contributed by atoms with Gasteiger partial charge in [-0.05, 0) is 19.1 Å². The summed E-state index contributed by atoms with van der Waals surface area (Å²) < 4.78 is 46.2. The fraction of sp³-hybridized carbons (Fsp3) is 0.273. The molecule has 0 amide bonds. The zero-order valence-electron chi connectivity index (χ0n) is 9.25. The summed E-state index contributed by atoms with van der Waals surface area (Å²) in [6, 6.07) is 3.06. The number of hydrogen-bond acceptors (Lipinski definition) is 4. The Morgan fingerprint density at radius 3 is 2.67 bits per heavy atom. The number of alkyl halides is 2. The zero-order valence-corrected chi connectivity index (χ0v) is 9.25. The van der Waals surface area contributed by atoms with E-state index in [1.807, 2.05) is 0 Å². The Balaban J connectivity index is 3.31. The normalized spacial score (nSPS) is 10.0. The molecule has 0 unspecified atom stereocenters. The van der Waals surface area contributed by atoms with Crippen molar-refractivity contribution in [3.8, 4) is 11.8 Å². The Hall–Kier alpha value is -2.23. The average molecular weight is 259 g/mol. The van der Waals surface area contributed by atoms with Gasteiger partial charge in [0.15, 0.2) is 0 Å². The van der Waals surface area contributed by atoms with E-state index in [0.717, 1.165) is 12.1 Å². The van der Waals surface area contributed by atoms with Crippen LogP contribution in [0.2, 0.25) is 0 Å². The molecule has 0 aliphatic carbocycles. The Labute approximate surface area is 101 Å². The summed E-state index contributed by atoms with van der Waals surface area (Å²) in [5, 5.41) is 8.80. The molecule has 96 valence electrons. The van der Waals surface area contributed by atoms with Gasteiger partial charge >= 0.3 is 12.6 Å². The molecule has 7 heteroatoms. The van der Waals surface area contributed by atoms with Crippen molar-refractivity contribution in [2.45, 2.75) is 13.5 Å². The third-order valence-electron chi connectivity index (χ3n) is 1.92. The molecule has 0 saturated carbocycles. The third kappa shape index (κ3) is 2.91. The minimum atomic E-state index is -3.18. The van der Waals surface area contributed by atoms with Crippen molar-refractivity contribution in [3.63, 3.8) is 0 Å². The van der Waals surface area contributed by atoms with Crippen LogP contribution in [0.15, 0.2) is 12.1 Å². The number of nitrogens with zero attached hydrogens (tertiary/aromatic N) is 1. The first kappa shape index (κ1) is 13.8. The van der Waals surface area contributed by atoms with Gasteiger partial charge in [0.1, 0.15) is 28.8 Å². The predicted octanol–water partition coefficient (Wildman–Crippen LogP) is 2.48. The van der Waals surface area contributed by atoms with Crippen LogP contribution >= 0.6 is 0 Å². The number of halogens is 3.